The number of rotatable bonds is 10. The molecular formula is C20H20Cl3NO4. The maximum Gasteiger partial charge on any atom is 0.369 e. The van der Waals surface area contributed by atoms with Crippen LogP contribution in [0.4, 0.5) is 5.69 Å². The standard InChI is InChI=1S/C20H20Cl3NO4/c21-11-4-5-12-27-20(26)19(24-18-15(22)9-6-10-16(18)23)28-17(25)13-14-7-2-1-3-8-14/h1-3,6-10,19,24H,4-5,11-13H2. The Morgan fingerprint density at radius 3 is 2.29 bits per heavy atom. The first kappa shape index (κ1) is 22.3. The molecule has 0 heterocycles. The van der Waals surface area contributed by atoms with Gasteiger partial charge in [0.15, 0.2) is 0 Å². The van der Waals surface area contributed by atoms with Gasteiger partial charge in [-0.1, -0.05) is 59.6 Å². The summed E-state index contributed by atoms with van der Waals surface area (Å²) in [5.74, 6) is -0.864. The minimum atomic E-state index is -1.38. The van der Waals surface area contributed by atoms with Crippen LogP contribution in [0.3, 0.4) is 0 Å². The van der Waals surface area contributed by atoms with Gasteiger partial charge < -0.3 is 14.8 Å². The summed E-state index contributed by atoms with van der Waals surface area (Å²) in [7, 11) is 0. The van der Waals surface area contributed by atoms with Crippen LogP contribution in [-0.2, 0) is 25.5 Å². The van der Waals surface area contributed by atoms with Gasteiger partial charge in [0.2, 0.25) is 0 Å². The van der Waals surface area contributed by atoms with Crippen molar-refractivity contribution >= 4 is 52.4 Å². The first-order chi connectivity index (χ1) is 13.5. The molecule has 28 heavy (non-hydrogen) atoms. The lowest BCUT2D eigenvalue weighted by Gasteiger charge is -2.20. The number of anilines is 1. The van der Waals surface area contributed by atoms with Crippen molar-refractivity contribution in [2.75, 3.05) is 17.8 Å². The van der Waals surface area contributed by atoms with Gasteiger partial charge >= 0.3 is 11.9 Å². The predicted octanol–water partition coefficient (Wildman–Crippen LogP) is 5.08. The third-order valence-corrected chi connectivity index (χ3v) is 4.56. The largest absolute Gasteiger partial charge is 0.462 e. The molecule has 1 unspecified atom stereocenters. The zero-order chi connectivity index (χ0) is 20.4. The number of unbranched alkanes of at least 4 members (excludes halogenated alkanes) is 1. The topological polar surface area (TPSA) is 64.6 Å². The number of esters is 2. The van der Waals surface area contributed by atoms with Crippen molar-refractivity contribution in [2.45, 2.75) is 25.5 Å². The molecular weight excluding hydrogens is 425 g/mol. The molecule has 2 rings (SSSR count). The van der Waals surface area contributed by atoms with E-state index in [1.54, 1.807) is 30.3 Å². The molecule has 0 amide bonds. The normalized spacial score (nSPS) is 11.5. The molecule has 0 spiro atoms. The fraction of sp³-hybridized carbons (Fsp3) is 0.300. The Bertz CT molecular complexity index is 766. The summed E-state index contributed by atoms with van der Waals surface area (Å²) in [4.78, 5) is 24.8. The van der Waals surface area contributed by atoms with Gasteiger partial charge in [-0.15, -0.1) is 11.6 Å². The van der Waals surface area contributed by atoms with Crippen molar-refractivity contribution in [2.24, 2.45) is 0 Å². The molecule has 0 aromatic heterocycles. The lowest BCUT2D eigenvalue weighted by atomic mass is 10.2. The van der Waals surface area contributed by atoms with Crippen LogP contribution in [0, 0.1) is 0 Å². The molecule has 0 bridgehead atoms. The van der Waals surface area contributed by atoms with Crippen LogP contribution in [0.1, 0.15) is 18.4 Å². The van der Waals surface area contributed by atoms with Crippen LogP contribution in [-0.4, -0.2) is 30.7 Å². The van der Waals surface area contributed by atoms with Crippen LogP contribution in [0.5, 0.6) is 0 Å². The highest BCUT2D eigenvalue weighted by Gasteiger charge is 2.26. The van der Waals surface area contributed by atoms with E-state index in [0.29, 0.717) is 18.7 Å². The van der Waals surface area contributed by atoms with Gasteiger partial charge in [-0.3, -0.25) is 4.79 Å². The Morgan fingerprint density at radius 2 is 1.64 bits per heavy atom. The fourth-order valence-corrected chi connectivity index (χ4v) is 2.98. The number of hydrogen-bond donors (Lipinski definition) is 1. The number of hydrogen-bond acceptors (Lipinski definition) is 5. The van der Waals surface area contributed by atoms with Crippen LogP contribution in [0.2, 0.25) is 10.0 Å². The fourth-order valence-electron chi connectivity index (χ4n) is 2.28. The van der Waals surface area contributed by atoms with Crippen molar-refractivity contribution in [1.82, 2.24) is 0 Å². The highest BCUT2D eigenvalue weighted by Crippen LogP contribution is 2.30. The molecule has 0 saturated carbocycles. The highest BCUT2D eigenvalue weighted by molar-refractivity contribution is 6.39. The number of ether oxygens (including phenoxy) is 2. The Balaban J connectivity index is 2.08. The smallest absolute Gasteiger partial charge is 0.369 e. The third kappa shape index (κ3) is 7.23. The molecule has 0 radical (unpaired) electrons. The Labute approximate surface area is 178 Å². The molecule has 0 aliphatic heterocycles. The van der Waals surface area contributed by atoms with Crippen molar-refractivity contribution < 1.29 is 19.1 Å². The van der Waals surface area contributed by atoms with E-state index >= 15 is 0 Å². The van der Waals surface area contributed by atoms with Crippen LogP contribution < -0.4 is 5.32 Å². The quantitative estimate of drug-likeness (QED) is 0.240. The number of para-hydroxylation sites is 1. The van der Waals surface area contributed by atoms with E-state index in [-0.39, 0.29) is 28.8 Å². The first-order valence-corrected chi connectivity index (χ1v) is 9.97. The van der Waals surface area contributed by atoms with Gasteiger partial charge in [-0.2, -0.15) is 0 Å². The molecule has 0 aliphatic carbocycles. The summed E-state index contributed by atoms with van der Waals surface area (Å²) in [5.41, 5.74) is 1.04. The van der Waals surface area contributed by atoms with E-state index < -0.39 is 18.2 Å². The number of carbonyl (C=O) groups excluding carboxylic acids is 2. The minimum Gasteiger partial charge on any atom is -0.462 e. The van der Waals surface area contributed by atoms with Gasteiger partial charge in [-0.25, -0.2) is 4.79 Å². The van der Waals surface area contributed by atoms with E-state index in [0.717, 1.165) is 5.56 Å². The monoisotopic (exact) mass is 443 g/mol. The molecule has 1 N–H and O–H groups in total. The van der Waals surface area contributed by atoms with Gasteiger partial charge in [0.25, 0.3) is 6.23 Å². The first-order valence-electron chi connectivity index (χ1n) is 8.68. The van der Waals surface area contributed by atoms with E-state index in [1.807, 2.05) is 18.2 Å². The lowest BCUT2D eigenvalue weighted by Crippen LogP contribution is -2.37. The van der Waals surface area contributed by atoms with Crippen molar-refractivity contribution in [3.63, 3.8) is 0 Å². The van der Waals surface area contributed by atoms with Crippen molar-refractivity contribution in [3.8, 4) is 0 Å². The van der Waals surface area contributed by atoms with Crippen LogP contribution >= 0.6 is 34.8 Å². The molecule has 2 aromatic carbocycles. The third-order valence-electron chi connectivity index (χ3n) is 3.67. The molecule has 2 aromatic rings. The number of halogens is 3. The van der Waals surface area contributed by atoms with Gasteiger partial charge in [-0.05, 0) is 30.5 Å². The average molecular weight is 445 g/mol. The number of alkyl halides is 1. The second-order valence-corrected chi connectivity index (χ2v) is 7.03. The van der Waals surface area contributed by atoms with Crippen LogP contribution in [0.25, 0.3) is 0 Å². The second kappa shape index (κ2) is 11.8. The van der Waals surface area contributed by atoms with E-state index in [2.05, 4.69) is 5.32 Å². The van der Waals surface area contributed by atoms with Gasteiger partial charge in [0, 0.05) is 5.88 Å². The number of nitrogens with one attached hydrogen (secondary N) is 1. The molecule has 0 fully saturated rings. The number of carbonyl (C=O) groups is 2. The average Bonchev–Trinajstić information content (AvgIpc) is 2.68. The Morgan fingerprint density at radius 1 is 0.964 bits per heavy atom. The van der Waals surface area contributed by atoms with E-state index in [1.165, 1.54) is 0 Å². The summed E-state index contributed by atoms with van der Waals surface area (Å²) < 4.78 is 10.5. The van der Waals surface area contributed by atoms with Crippen molar-refractivity contribution in [3.05, 3.63) is 64.1 Å². The molecule has 0 aliphatic rings. The van der Waals surface area contributed by atoms with Gasteiger partial charge in [0.05, 0.1) is 28.8 Å². The molecule has 5 nitrogen and oxygen atoms in total. The molecule has 8 heteroatoms. The summed E-state index contributed by atoms with van der Waals surface area (Å²) >= 11 is 17.9. The number of benzene rings is 2. The summed E-state index contributed by atoms with van der Waals surface area (Å²) in [5, 5.41) is 3.33. The molecule has 150 valence electrons. The van der Waals surface area contributed by atoms with Crippen LogP contribution in [0.15, 0.2) is 48.5 Å². The van der Waals surface area contributed by atoms with Gasteiger partial charge in [0.1, 0.15) is 0 Å². The van der Waals surface area contributed by atoms with E-state index in [4.69, 9.17) is 44.3 Å². The predicted molar refractivity (Wildman–Crippen MR) is 111 cm³/mol. The molecule has 0 saturated heterocycles. The lowest BCUT2D eigenvalue weighted by molar-refractivity contribution is -0.165. The van der Waals surface area contributed by atoms with E-state index in [9.17, 15) is 9.59 Å². The maximum atomic E-state index is 12.4. The summed E-state index contributed by atoms with van der Waals surface area (Å²) in [6.07, 6.45) is -0.0665. The maximum absolute atomic E-state index is 12.4. The summed E-state index contributed by atoms with van der Waals surface area (Å²) in [6.45, 7) is 0.163. The van der Waals surface area contributed by atoms with Crippen molar-refractivity contribution in [1.29, 1.82) is 0 Å². The zero-order valence-corrected chi connectivity index (χ0v) is 17.3. The second-order valence-electron chi connectivity index (χ2n) is 5.84. The molecule has 1 atom stereocenters. The highest BCUT2D eigenvalue weighted by atomic mass is 35.5. The SMILES string of the molecule is O=C(Cc1ccccc1)OC(Nc1c(Cl)cccc1Cl)C(=O)OCCCCCl. The minimum absolute atomic E-state index is 0.00873. The summed E-state index contributed by atoms with van der Waals surface area (Å²) in [6, 6.07) is 13.9. The Kier molecular flexibility index (Phi) is 9.41. The Hall–Kier alpha value is -1.95. The zero-order valence-electron chi connectivity index (χ0n) is 15.0.